The van der Waals surface area contributed by atoms with Gasteiger partial charge in [0.1, 0.15) is 5.82 Å². The van der Waals surface area contributed by atoms with Gasteiger partial charge >= 0.3 is 12.0 Å². The van der Waals surface area contributed by atoms with Crippen LogP contribution < -0.4 is 10.6 Å². The lowest BCUT2D eigenvalue weighted by Crippen LogP contribution is -2.45. The van der Waals surface area contributed by atoms with Crippen molar-refractivity contribution in [2.45, 2.75) is 52.6 Å². The summed E-state index contributed by atoms with van der Waals surface area (Å²) in [4.78, 5) is 29.9. The Morgan fingerprint density at radius 3 is 2.52 bits per heavy atom. The molecule has 0 fully saturated rings. The van der Waals surface area contributed by atoms with Gasteiger partial charge in [-0.2, -0.15) is 0 Å². The summed E-state index contributed by atoms with van der Waals surface area (Å²) in [5.74, 6) is -0.278. The molecule has 0 aromatic carbocycles. The minimum Gasteiger partial charge on any atom is -0.481 e. The summed E-state index contributed by atoms with van der Waals surface area (Å²) in [6.07, 6.45) is 3.78. The third-order valence-electron chi connectivity index (χ3n) is 2.89. The molecule has 1 aromatic heterocycles. The first-order valence-electron chi connectivity index (χ1n) is 6.95. The first-order chi connectivity index (χ1) is 9.67. The van der Waals surface area contributed by atoms with Crippen molar-refractivity contribution < 1.29 is 14.7 Å². The Kier molecular flexibility index (Phi) is 5.75. The highest BCUT2D eigenvalue weighted by Gasteiger charge is 2.23. The number of imidazole rings is 1. The number of aliphatic carboxylic acids is 1. The molecule has 118 valence electrons. The number of H-pyrrole nitrogens is 1. The quantitative estimate of drug-likeness (QED) is 0.644. The summed E-state index contributed by atoms with van der Waals surface area (Å²) < 4.78 is 0. The molecule has 2 amide bonds. The number of urea groups is 1. The number of carboxylic acids is 1. The Morgan fingerprint density at radius 2 is 2.05 bits per heavy atom. The molecule has 0 radical (unpaired) electrons. The first kappa shape index (κ1) is 17.0. The number of nitrogens with one attached hydrogen (secondary N) is 3. The molecule has 1 aromatic rings. The van der Waals surface area contributed by atoms with Gasteiger partial charge in [0.2, 0.25) is 0 Å². The van der Waals surface area contributed by atoms with E-state index in [9.17, 15) is 9.59 Å². The van der Waals surface area contributed by atoms with Crippen LogP contribution in [-0.4, -0.2) is 33.1 Å². The number of hydrogen-bond acceptors (Lipinski definition) is 3. The predicted molar refractivity (Wildman–Crippen MR) is 78.8 cm³/mol. The van der Waals surface area contributed by atoms with Crippen molar-refractivity contribution in [1.29, 1.82) is 0 Å². The smallest absolute Gasteiger partial charge is 0.315 e. The Morgan fingerprint density at radius 1 is 1.38 bits per heavy atom. The van der Waals surface area contributed by atoms with E-state index in [1.807, 2.05) is 20.8 Å². The molecule has 0 saturated carbocycles. The van der Waals surface area contributed by atoms with E-state index in [0.29, 0.717) is 12.2 Å². The van der Waals surface area contributed by atoms with Crippen molar-refractivity contribution in [3.8, 4) is 0 Å². The van der Waals surface area contributed by atoms with Crippen LogP contribution in [0.4, 0.5) is 4.79 Å². The van der Waals surface area contributed by atoms with E-state index in [4.69, 9.17) is 5.11 Å². The molecule has 2 unspecified atom stereocenters. The SMILES string of the molecule is CC(NC(=O)NC(CC(=O)O)CC(C)(C)C)c1ncc[nH]1. The van der Waals surface area contributed by atoms with Crippen LogP contribution in [0.25, 0.3) is 0 Å². The summed E-state index contributed by atoms with van der Waals surface area (Å²) >= 11 is 0. The van der Waals surface area contributed by atoms with Gasteiger partial charge in [-0.15, -0.1) is 0 Å². The molecule has 7 heteroatoms. The Balaban J connectivity index is 2.56. The summed E-state index contributed by atoms with van der Waals surface area (Å²) in [5.41, 5.74) is -0.0694. The van der Waals surface area contributed by atoms with Crippen molar-refractivity contribution in [2.24, 2.45) is 5.41 Å². The molecule has 1 rings (SSSR count). The van der Waals surface area contributed by atoms with Crippen LogP contribution in [0.5, 0.6) is 0 Å². The number of aromatic nitrogens is 2. The van der Waals surface area contributed by atoms with Gasteiger partial charge in [-0.25, -0.2) is 9.78 Å². The zero-order chi connectivity index (χ0) is 16.0. The van der Waals surface area contributed by atoms with Crippen LogP contribution in [0, 0.1) is 5.41 Å². The van der Waals surface area contributed by atoms with Gasteiger partial charge in [-0.05, 0) is 18.8 Å². The molecule has 21 heavy (non-hydrogen) atoms. The van der Waals surface area contributed by atoms with Crippen LogP contribution >= 0.6 is 0 Å². The highest BCUT2D eigenvalue weighted by Crippen LogP contribution is 2.22. The maximum Gasteiger partial charge on any atom is 0.315 e. The van der Waals surface area contributed by atoms with E-state index in [1.165, 1.54) is 0 Å². The molecule has 4 N–H and O–H groups in total. The number of rotatable bonds is 6. The van der Waals surface area contributed by atoms with E-state index in [0.717, 1.165) is 0 Å². The van der Waals surface area contributed by atoms with Gasteiger partial charge < -0.3 is 20.7 Å². The Hall–Kier alpha value is -2.05. The summed E-state index contributed by atoms with van der Waals surface area (Å²) in [7, 11) is 0. The number of nitrogens with zero attached hydrogens (tertiary/aromatic N) is 1. The molecule has 0 spiro atoms. The molecule has 0 aliphatic heterocycles. The third-order valence-corrected chi connectivity index (χ3v) is 2.89. The van der Waals surface area contributed by atoms with Crippen LogP contribution in [0.1, 0.15) is 52.4 Å². The Labute approximate surface area is 124 Å². The van der Waals surface area contributed by atoms with E-state index in [-0.39, 0.29) is 17.9 Å². The highest BCUT2D eigenvalue weighted by atomic mass is 16.4. The minimum absolute atomic E-state index is 0.0694. The highest BCUT2D eigenvalue weighted by molar-refractivity contribution is 5.76. The van der Waals surface area contributed by atoms with Gasteiger partial charge in [0, 0.05) is 18.4 Å². The summed E-state index contributed by atoms with van der Waals surface area (Å²) in [6, 6.07) is -1.08. The molecule has 1 heterocycles. The Bertz CT molecular complexity index is 465. The molecule has 7 nitrogen and oxygen atoms in total. The van der Waals surface area contributed by atoms with Gasteiger partial charge in [-0.1, -0.05) is 20.8 Å². The van der Waals surface area contributed by atoms with Crippen LogP contribution in [-0.2, 0) is 4.79 Å². The largest absolute Gasteiger partial charge is 0.481 e. The number of hydrogen-bond donors (Lipinski definition) is 4. The normalized spacial score (nSPS) is 14.3. The maximum atomic E-state index is 12.0. The number of aromatic amines is 1. The van der Waals surface area contributed by atoms with Crippen LogP contribution in [0.15, 0.2) is 12.4 Å². The van der Waals surface area contributed by atoms with E-state index in [1.54, 1.807) is 19.3 Å². The molecule has 0 bridgehead atoms. The second-order valence-electron chi connectivity index (χ2n) is 6.37. The van der Waals surface area contributed by atoms with Crippen molar-refractivity contribution in [1.82, 2.24) is 20.6 Å². The lowest BCUT2D eigenvalue weighted by atomic mass is 9.87. The molecular formula is C14H24N4O3. The van der Waals surface area contributed by atoms with Crippen LogP contribution in [0.3, 0.4) is 0 Å². The molecule has 0 aliphatic carbocycles. The standard InChI is InChI=1S/C14H24N4O3/c1-9(12-15-5-6-16-12)17-13(21)18-10(7-11(19)20)8-14(2,3)4/h5-6,9-10H,7-8H2,1-4H3,(H,15,16)(H,19,20)(H2,17,18,21). The molecule has 0 aliphatic rings. The fourth-order valence-electron chi connectivity index (χ4n) is 2.13. The van der Waals surface area contributed by atoms with Gasteiger partial charge in [0.15, 0.2) is 0 Å². The second-order valence-corrected chi connectivity index (χ2v) is 6.37. The zero-order valence-electron chi connectivity index (χ0n) is 12.9. The fourth-order valence-corrected chi connectivity index (χ4v) is 2.13. The van der Waals surface area contributed by atoms with E-state index in [2.05, 4.69) is 20.6 Å². The van der Waals surface area contributed by atoms with E-state index >= 15 is 0 Å². The number of amides is 2. The van der Waals surface area contributed by atoms with Gasteiger partial charge in [0.05, 0.1) is 12.5 Å². The van der Waals surface area contributed by atoms with Gasteiger partial charge in [0.25, 0.3) is 0 Å². The van der Waals surface area contributed by atoms with Crippen molar-refractivity contribution in [3.05, 3.63) is 18.2 Å². The molecular weight excluding hydrogens is 272 g/mol. The summed E-state index contributed by atoms with van der Waals surface area (Å²) in [5, 5.41) is 14.4. The summed E-state index contributed by atoms with van der Waals surface area (Å²) in [6.45, 7) is 7.82. The zero-order valence-corrected chi connectivity index (χ0v) is 12.9. The average molecular weight is 296 g/mol. The maximum absolute atomic E-state index is 12.0. The van der Waals surface area contributed by atoms with Crippen molar-refractivity contribution in [3.63, 3.8) is 0 Å². The topological polar surface area (TPSA) is 107 Å². The number of carboxylic acid groups (broad SMARTS) is 1. The van der Waals surface area contributed by atoms with Crippen molar-refractivity contribution >= 4 is 12.0 Å². The average Bonchev–Trinajstić information content (AvgIpc) is 2.77. The van der Waals surface area contributed by atoms with Crippen molar-refractivity contribution in [2.75, 3.05) is 0 Å². The number of carbonyl (C=O) groups excluding carboxylic acids is 1. The molecule has 0 saturated heterocycles. The fraction of sp³-hybridized carbons (Fsp3) is 0.643. The molecule has 2 atom stereocenters. The van der Waals surface area contributed by atoms with Crippen LogP contribution in [0.2, 0.25) is 0 Å². The van der Waals surface area contributed by atoms with E-state index < -0.39 is 18.0 Å². The minimum atomic E-state index is -0.927. The lowest BCUT2D eigenvalue weighted by molar-refractivity contribution is -0.137. The monoisotopic (exact) mass is 296 g/mol. The second kappa shape index (κ2) is 7.10. The lowest BCUT2D eigenvalue weighted by Gasteiger charge is -2.26. The predicted octanol–water partition coefficient (Wildman–Crippen LogP) is 2.05. The van der Waals surface area contributed by atoms with Gasteiger partial charge in [-0.3, -0.25) is 4.79 Å². The number of carbonyl (C=O) groups is 2. The third kappa shape index (κ3) is 6.78. The first-order valence-corrected chi connectivity index (χ1v) is 6.95.